The van der Waals surface area contributed by atoms with E-state index in [9.17, 15) is 9.18 Å². The van der Waals surface area contributed by atoms with Gasteiger partial charge in [0, 0.05) is 45.5 Å². The second-order valence-electron chi connectivity index (χ2n) is 6.83. The summed E-state index contributed by atoms with van der Waals surface area (Å²) in [6.45, 7) is 6.62. The van der Waals surface area contributed by atoms with Crippen LogP contribution in [0.4, 0.5) is 10.2 Å². The lowest BCUT2D eigenvalue weighted by molar-refractivity contribution is -0.132. The average molecular weight is 386 g/mol. The molecule has 150 valence electrons. The Morgan fingerprint density at radius 1 is 1.21 bits per heavy atom. The van der Waals surface area contributed by atoms with Crippen molar-refractivity contribution in [2.75, 3.05) is 51.3 Å². The van der Waals surface area contributed by atoms with Gasteiger partial charge in [-0.15, -0.1) is 0 Å². The molecular formula is C21H27FN4O2. The summed E-state index contributed by atoms with van der Waals surface area (Å²) in [6.07, 6.45) is 1.80. The number of piperazine rings is 1. The summed E-state index contributed by atoms with van der Waals surface area (Å²) in [7, 11) is 1.44. The zero-order valence-corrected chi connectivity index (χ0v) is 16.5. The van der Waals surface area contributed by atoms with Crippen molar-refractivity contribution in [3.05, 3.63) is 54.0 Å². The van der Waals surface area contributed by atoms with Gasteiger partial charge in [0.05, 0.1) is 13.7 Å². The third-order valence-electron chi connectivity index (χ3n) is 5.03. The molecule has 0 bridgehead atoms. The van der Waals surface area contributed by atoms with Crippen molar-refractivity contribution in [1.29, 1.82) is 0 Å². The Kier molecular flexibility index (Phi) is 6.81. The molecule has 0 aliphatic carbocycles. The summed E-state index contributed by atoms with van der Waals surface area (Å²) < 4.78 is 18.9. The van der Waals surface area contributed by atoms with Crippen LogP contribution in [0.5, 0.6) is 5.75 Å². The van der Waals surface area contributed by atoms with Crippen LogP contribution in [0.3, 0.4) is 0 Å². The van der Waals surface area contributed by atoms with Crippen LogP contribution in [0.25, 0.3) is 0 Å². The van der Waals surface area contributed by atoms with Gasteiger partial charge >= 0.3 is 0 Å². The van der Waals surface area contributed by atoms with E-state index in [1.54, 1.807) is 23.2 Å². The highest BCUT2D eigenvalue weighted by atomic mass is 19.1. The maximum Gasteiger partial charge on any atom is 0.237 e. The van der Waals surface area contributed by atoms with E-state index in [4.69, 9.17) is 4.74 Å². The Morgan fingerprint density at radius 3 is 2.61 bits per heavy atom. The van der Waals surface area contributed by atoms with E-state index in [1.807, 2.05) is 25.1 Å². The van der Waals surface area contributed by atoms with Crippen LogP contribution in [0.2, 0.25) is 0 Å². The number of methoxy groups -OCH3 is 1. The SMILES string of the molecule is CCN(Cc1ccc(OC)c(F)c1)C(=O)CN1CCN(c2ccccn2)CC1. The van der Waals surface area contributed by atoms with Crippen LogP contribution in [0.15, 0.2) is 42.6 Å². The Morgan fingerprint density at radius 2 is 2.00 bits per heavy atom. The van der Waals surface area contributed by atoms with Crippen molar-refractivity contribution >= 4 is 11.7 Å². The number of rotatable bonds is 7. The Bertz CT molecular complexity index is 779. The third kappa shape index (κ3) is 4.98. The number of carbonyl (C=O) groups excluding carboxylic acids is 1. The zero-order chi connectivity index (χ0) is 19.9. The molecule has 2 aromatic rings. The fourth-order valence-electron chi connectivity index (χ4n) is 3.37. The molecule has 1 saturated heterocycles. The van der Waals surface area contributed by atoms with Crippen LogP contribution >= 0.6 is 0 Å². The van der Waals surface area contributed by atoms with Gasteiger partial charge in [-0.1, -0.05) is 12.1 Å². The topological polar surface area (TPSA) is 48.9 Å². The number of ether oxygens (including phenoxy) is 1. The highest BCUT2D eigenvalue weighted by Gasteiger charge is 2.22. The largest absolute Gasteiger partial charge is 0.494 e. The Labute approximate surface area is 165 Å². The molecule has 0 radical (unpaired) electrons. The van der Waals surface area contributed by atoms with E-state index in [0.717, 1.165) is 37.6 Å². The number of aromatic nitrogens is 1. The molecule has 1 aliphatic heterocycles. The van der Waals surface area contributed by atoms with Crippen LogP contribution in [0, 0.1) is 5.82 Å². The predicted molar refractivity (Wildman–Crippen MR) is 107 cm³/mol. The number of amides is 1. The van der Waals surface area contributed by atoms with Crippen molar-refractivity contribution in [3.8, 4) is 5.75 Å². The van der Waals surface area contributed by atoms with Gasteiger partial charge in [0.15, 0.2) is 11.6 Å². The minimum absolute atomic E-state index is 0.0602. The third-order valence-corrected chi connectivity index (χ3v) is 5.03. The number of halogens is 1. The molecule has 28 heavy (non-hydrogen) atoms. The molecule has 0 N–H and O–H groups in total. The van der Waals surface area contributed by atoms with Gasteiger partial charge in [-0.05, 0) is 36.8 Å². The standard InChI is InChI=1S/C21H27FN4O2/c1-3-25(15-17-7-8-19(28-2)18(22)14-17)21(27)16-24-10-12-26(13-11-24)20-6-4-5-9-23-20/h4-9,14H,3,10-13,15-16H2,1-2H3. The summed E-state index contributed by atoms with van der Waals surface area (Å²) in [5, 5.41) is 0. The summed E-state index contributed by atoms with van der Waals surface area (Å²) in [5.74, 6) is 0.841. The van der Waals surface area contributed by atoms with Crippen molar-refractivity contribution in [2.45, 2.75) is 13.5 Å². The fraction of sp³-hybridized carbons (Fsp3) is 0.429. The molecule has 1 aromatic carbocycles. The number of carbonyl (C=O) groups is 1. The quantitative estimate of drug-likeness (QED) is 0.731. The molecule has 0 unspecified atom stereocenters. The van der Waals surface area contributed by atoms with Crippen LogP contribution in [0.1, 0.15) is 12.5 Å². The van der Waals surface area contributed by atoms with Crippen molar-refractivity contribution in [2.24, 2.45) is 0 Å². The van der Waals surface area contributed by atoms with Crippen molar-refractivity contribution in [1.82, 2.24) is 14.8 Å². The van der Waals surface area contributed by atoms with E-state index in [-0.39, 0.29) is 11.7 Å². The maximum absolute atomic E-state index is 13.9. The molecule has 1 aliphatic rings. The van der Waals surface area contributed by atoms with Gasteiger partial charge in [-0.25, -0.2) is 9.37 Å². The monoisotopic (exact) mass is 386 g/mol. The highest BCUT2D eigenvalue weighted by molar-refractivity contribution is 5.78. The molecule has 1 aromatic heterocycles. The fourth-order valence-corrected chi connectivity index (χ4v) is 3.37. The lowest BCUT2D eigenvalue weighted by Gasteiger charge is -2.36. The molecule has 6 nitrogen and oxygen atoms in total. The second kappa shape index (κ2) is 9.50. The Balaban J connectivity index is 1.52. The number of hydrogen-bond acceptors (Lipinski definition) is 5. The summed E-state index contributed by atoms with van der Waals surface area (Å²) in [4.78, 5) is 23.3. The number of likely N-dealkylation sites (N-methyl/N-ethyl adjacent to an activating group) is 1. The van der Waals surface area contributed by atoms with Gasteiger partial charge in [0.1, 0.15) is 5.82 Å². The van der Waals surface area contributed by atoms with Crippen LogP contribution in [-0.2, 0) is 11.3 Å². The van der Waals surface area contributed by atoms with Gasteiger partial charge < -0.3 is 14.5 Å². The number of benzene rings is 1. The molecular weight excluding hydrogens is 359 g/mol. The summed E-state index contributed by atoms with van der Waals surface area (Å²) in [5.41, 5.74) is 0.758. The van der Waals surface area contributed by atoms with Gasteiger partial charge in [-0.2, -0.15) is 0 Å². The first-order valence-corrected chi connectivity index (χ1v) is 9.59. The molecule has 1 amide bonds. The minimum atomic E-state index is -0.408. The molecule has 3 rings (SSSR count). The maximum atomic E-state index is 13.9. The number of hydrogen-bond donors (Lipinski definition) is 0. The molecule has 7 heteroatoms. The van der Waals surface area contributed by atoms with Crippen LogP contribution in [-0.4, -0.2) is 67.1 Å². The first kappa shape index (κ1) is 20.1. The number of anilines is 1. The molecule has 0 saturated carbocycles. The lowest BCUT2D eigenvalue weighted by atomic mass is 10.2. The smallest absolute Gasteiger partial charge is 0.237 e. The molecule has 0 atom stereocenters. The Hall–Kier alpha value is -2.67. The molecule has 1 fully saturated rings. The summed E-state index contributed by atoms with van der Waals surface area (Å²) >= 11 is 0. The minimum Gasteiger partial charge on any atom is -0.494 e. The zero-order valence-electron chi connectivity index (χ0n) is 16.5. The summed E-state index contributed by atoms with van der Waals surface area (Å²) in [6, 6.07) is 10.7. The van der Waals surface area contributed by atoms with E-state index >= 15 is 0 Å². The van der Waals surface area contributed by atoms with E-state index in [1.165, 1.54) is 13.2 Å². The van der Waals surface area contributed by atoms with Crippen molar-refractivity contribution in [3.63, 3.8) is 0 Å². The highest BCUT2D eigenvalue weighted by Crippen LogP contribution is 2.19. The number of pyridine rings is 1. The lowest BCUT2D eigenvalue weighted by Crippen LogP contribution is -2.50. The average Bonchev–Trinajstić information content (AvgIpc) is 2.73. The van der Waals surface area contributed by atoms with E-state index < -0.39 is 5.82 Å². The van der Waals surface area contributed by atoms with Crippen molar-refractivity contribution < 1.29 is 13.9 Å². The molecule has 0 spiro atoms. The predicted octanol–water partition coefficient (Wildman–Crippen LogP) is 2.40. The van der Waals surface area contributed by atoms with Gasteiger partial charge in [0.25, 0.3) is 0 Å². The van der Waals surface area contributed by atoms with Crippen LogP contribution < -0.4 is 9.64 Å². The first-order valence-electron chi connectivity index (χ1n) is 9.59. The first-order chi connectivity index (χ1) is 13.6. The van der Waals surface area contributed by atoms with Gasteiger partial charge in [0.2, 0.25) is 5.91 Å². The van der Waals surface area contributed by atoms with E-state index in [2.05, 4.69) is 14.8 Å². The number of nitrogens with zero attached hydrogens (tertiary/aromatic N) is 4. The molecule has 2 heterocycles. The normalized spacial score (nSPS) is 14.8. The second-order valence-corrected chi connectivity index (χ2v) is 6.83. The van der Waals surface area contributed by atoms with E-state index in [0.29, 0.717) is 19.6 Å². The van der Waals surface area contributed by atoms with Gasteiger partial charge in [-0.3, -0.25) is 9.69 Å².